The summed E-state index contributed by atoms with van der Waals surface area (Å²) in [5.41, 5.74) is 2.39. The fourth-order valence-electron chi connectivity index (χ4n) is 2.03. The Bertz CT molecular complexity index is 571. The number of rotatable bonds is 6. The number of nitrogens with one attached hydrogen (secondary N) is 1. The maximum atomic E-state index is 13.3. The van der Waals surface area contributed by atoms with Crippen molar-refractivity contribution in [1.82, 2.24) is 5.32 Å². The summed E-state index contributed by atoms with van der Waals surface area (Å²) in [5, 5.41) is 5.72. The first-order valence-corrected chi connectivity index (χ1v) is 8.98. The molecule has 1 atom stereocenters. The minimum atomic E-state index is -0.218. The summed E-state index contributed by atoms with van der Waals surface area (Å²) in [6.45, 7) is 3.13. The van der Waals surface area contributed by atoms with Crippen molar-refractivity contribution in [2.24, 2.45) is 0 Å². The Morgan fingerprint density at radius 3 is 2.70 bits per heavy atom. The largest absolute Gasteiger partial charge is 0.310 e. The average Bonchev–Trinajstić information content (AvgIpc) is 2.85. The molecule has 0 saturated carbocycles. The Kier molecular flexibility index (Phi) is 6.20. The van der Waals surface area contributed by atoms with Crippen molar-refractivity contribution in [2.75, 3.05) is 6.54 Å². The third kappa shape index (κ3) is 4.38. The first-order valence-electron chi connectivity index (χ1n) is 6.51. The van der Waals surface area contributed by atoms with Crippen LogP contribution in [0.3, 0.4) is 0 Å². The van der Waals surface area contributed by atoms with Gasteiger partial charge in [0.05, 0.1) is 8.26 Å². The number of hydrogen-bond acceptors (Lipinski definition) is 2. The highest BCUT2D eigenvalue weighted by atomic mass is 79.9. The molecule has 2 rings (SSSR count). The van der Waals surface area contributed by atoms with Gasteiger partial charge in [0, 0.05) is 6.04 Å². The van der Waals surface area contributed by atoms with E-state index in [0.29, 0.717) is 4.47 Å². The highest BCUT2D eigenvalue weighted by Crippen LogP contribution is 2.28. The predicted molar refractivity (Wildman–Crippen MR) is 90.9 cm³/mol. The molecule has 0 aliphatic rings. The quantitative estimate of drug-likeness (QED) is 0.632. The van der Waals surface area contributed by atoms with Gasteiger partial charge >= 0.3 is 0 Å². The number of benzene rings is 1. The minimum absolute atomic E-state index is 0.218. The van der Waals surface area contributed by atoms with Crippen molar-refractivity contribution < 1.29 is 4.39 Å². The van der Waals surface area contributed by atoms with Crippen LogP contribution in [0.2, 0.25) is 0 Å². The fraction of sp³-hybridized carbons (Fsp3) is 0.333. The summed E-state index contributed by atoms with van der Waals surface area (Å²) < 4.78 is 15.0. The molecule has 0 radical (unpaired) electrons. The number of halogens is 3. The lowest BCUT2D eigenvalue weighted by Gasteiger charge is -2.18. The molecule has 0 aliphatic carbocycles. The third-order valence-electron chi connectivity index (χ3n) is 3.05. The molecule has 0 spiro atoms. The van der Waals surface area contributed by atoms with Gasteiger partial charge in [0.25, 0.3) is 0 Å². The van der Waals surface area contributed by atoms with Crippen LogP contribution < -0.4 is 5.32 Å². The van der Waals surface area contributed by atoms with Crippen LogP contribution in [0.1, 0.15) is 30.5 Å². The Labute approximate surface area is 139 Å². The predicted octanol–water partition coefficient (Wildman–Crippen LogP) is 5.70. The molecule has 108 valence electrons. The summed E-state index contributed by atoms with van der Waals surface area (Å²) >= 11 is 8.45. The molecule has 1 aromatic carbocycles. The summed E-state index contributed by atoms with van der Waals surface area (Å²) in [5.74, 6) is -0.218. The summed E-state index contributed by atoms with van der Waals surface area (Å²) in [6, 6.07) is 7.63. The van der Waals surface area contributed by atoms with Crippen molar-refractivity contribution in [3.8, 4) is 0 Å². The van der Waals surface area contributed by atoms with Gasteiger partial charge in [-0.15, -0.1) is 11.3 Å². The maximum Gasteiger partial charge on any atom is 0.137 e. The van der Waals surface area contributed by atoms with E-state index in [1.807, 2.05) is 12.1 Å². The number of thiophene rings is 1. The van der Waals surface area contributed by atoms with E-state index < -0.39 is 0 Å². The van der Waals surface area contributed by atoms with E-state index in [0.717, 1.165) is 28.7 Å². The van der Waals surface area contributed by atoms with Crippen molar-refractivity contribution in [2.45, 2.75) is 25.8 Å². The SMILES string of the molecule is CCCNC(Cc1ccc(F)c(Br)c1)c1csc(Br)c1. The molecule has 0 amide bonds. The monoisotopic (exact) mass is 419 g/mol. The van der Waals surface area contributed by atoms with Crippen molar-refractivity contribution in [1.29, 1.82) is 0 Å². The van der Waals surface area contributed by atoms with Crippen molar-refractivity contribution in [3.63, 3.8) is 0 Å². The number of hydrogen-bond donors (Lipinski definition) is 1. The molecule has 0 aliphatic heterocycles. The van der Waals surface area contributed by atoms with E-state index >= 15 is 0 Å². The van der Waals surface area contributed by atoms with Crippen LogP contribution in [0.25, 0.3) is 0 Å². The molecular weight excluding hydrogens is 405 g/mol. The minimum Gasteiger partial charge on any atom is -0.310 e. The zero-order valence-corrected chi connectivity index (χ0v) is 15.1. The van der Waals surface area contributed by atoms with Crippen molar-refractivity contribution >= 4 is 43.2 Å². The summed E-state index contributed by atoms with van der Waals surface area (Å²) in [6.07, 6.45) is 1.94. The lowest BCUT2D eigenvalue weighted by Crippen LogP contribution is -2.23. The molecular formula is C15H16Br2FNS. The van der Waals surface area contributed by atoms with Crippen LogP contribution in [0.5, 0.6) is 0 Å². The van der Waals surface area contributed by atoms with E-state index in [-0.39, 0.29) is 11.9 Å². The van der Waals surface area contributed by atoms with Gasteiger partial charge in [-0.05, 0) is 86.0 Å². The van der Waals surface area contributed by atoms with E-state index in [9.17, 15) is 4.39 Å². The standard InChI is InChI=1S/C15H16Br2FNS/c1-2-5-19-14(11-8-15(17)20-9-11)7-10-3-4-13(18)12(16)6-10/h3-4,6,8-9,14,19H,2,5,7H2,1H3. The fourth-order valence-corrected chi connectivity index (χ4v) is 3.69. The molecule has 1 N–H and O–H groups in total. The Balaban J connectivity index is 2.16. The van der Waals surface area contributed by atoms with Gasteiger partial charge in [-0.3, -0.25) is 0 Å². The zero-order valence-electron chi connectivity index (χ0n) is 11.1. The van der Waals surface area contributed by atoms with Gasteiger partial charge in [0.1, 0.15) is 5.82 Å². The summed E-state index contributed by atoms with van der Waals surface area (Å²) in [7, 11) is 0. The van der Waals surface area contributed by atoms with Gasteiger partial charge in [0.15, 0.2) is 0 Å². The Hall–Kier alpha value is -0.230. The van der Waals surface area contributed by atoms with Crippen LogP contribution in [0.15, 0.2) is 37.9 Å². The average molecular weight is 421 g/mol. The Morgan fingerprint density at radius 2 is 2.10 bits per heavy atom. The van der Waals surface area contributed by atoms with Crippen LogP contribution in [-0.2, 0) is 6.42 Å². The molecule has 20 heavy (non-hydrogen) atoms. The summed E-state index contributed by atoms with van der Waals surface area (Å²) in [4.78, 5) is 0. The second-order valence-electron chi connectivity index (χ2n) is 4.64. The molecule has 1 aromatic heterocycles. The van der Waals surface area contributed by atoms with Crippen LogP contribution in [0.4, 0.5) is 4.39 Å². The molecule has 5 heteroatoms. The first kappa shape index (κ1) is 16.1. The smallest absolute Gasteiger partial charge is 0.137 e. The van der Waals surface area contributed by atoms with Crippen molar-refractivity contribution in [3.05, 3.63) is 54.8 Å². The topological polar surface area (TPSA) is 12.0 Å². The molecule has 0 fully saturated rings. The lowest BCUT2D eigenvalue weighted by molar-refractivity contribution is 0.529. The molecule has 2 aromatic rings. The zero-order chi connectivity index (χ0) is 14.5. The van der Waals surface area contributed by atoms with Gasteiger partial charge in [0.2, 0.25) is 0 Å². The highest BCUT2D eigenvalue weighted by molar-refractivity contribution is 9.11. The molecule has 0 bridgehead atoms. The molecule has 0 saturated heterocycles. The van der Waals surface area contributed by atoms with Crippen LogP contribution in [-0.4, -0.2) is 6.54 Å². The van der Waals surface area contributed by atoms with E-state index in [2.05, 4.69) is 55.5 Å². The second kappa shape index (κ2) is 7.69. The molecule has 1 nitrogen and oxygen atoms in total. The van der Waals surface area contributed by atoms with Gasteiger partial charge in [-0.25, -0.2) is 4.39 Å². The highest BCUT2D eigenvalue weighted by Gasteiger charge is 2.14. The molecule has 1 heterocycles. The first-order chi connectivity index (χ1) is 9.60. The second-order valence-corrected chi connectivity index (χ2v) is 7.79. The normalized spacial score (nSPS) is 12.6. The van der Waals surface area contributed by atoms with Gasteiger partial charge < -0.3 is 5.32 Å². The van der Waals surface area contributed by atoms with Gasteiger partial charge in [-0.2, -0.15) is 0 Å². The van der Waals surface area contributed by atoms with E-state index in [1.165, 1.54) is 11.6 Å². The van der Waals surface area contributed by atoms with Gasteiger partial charge in [-0.1, -0.05) is 13.0 Å². The van der Waals surface area contributed by atoms with Crippen LogP contribution in [0, 0.1) is 5.82 Å². The van der Waals surface area contributed by atoms with Crippen LogP contribution >= 0.6 is 43.2 Å². The van der Waals surface area contributed by atoms with E-state index in [1.54, 1.807) is 11.3 Å². The lowest BCUT2D eigenvalue weighted by atomic mass is 10.0. The maximum absolute atomic E-state index is 13.3. The third-order valence-corrected chi connectivity index (χ3v) is 5.19. The Morgan fingerprint density at radius 1 is 1.30 bits per heavy atom. The van der Waals surface area contributed by atoms with E-state index in [4.69, 9.17) is 0 Å². The molecule has 1 unspecified atom stereocenters.